The van der Waals surface area contributed by atoms with E-state index in [1.807, 2.05) is 4.68 Å². The van der Waals surface area contributed by atoms with Crippen LogP contribution in [-0.4, -0.2) is 24.9 Å². The lowest BCUT2D eigenvalue weighted by Crippen LogP contribution is -2.35. The van der Waals surface area contributed by atoms with Crippen molar-refractivity contribution in [2.24, 2.45) is 0 Å². The molecule has 1 N–H and O–H groups in total. The van der Waals surface area contributed by atoms with Gasteiger partial charge in [0.15, 0.2) is 0 Å². The molecule has 2 aromatic heterocycles. The van der Waals surface area contributed by atoms with E-state index in [2.05, 4.69) is 66.0 Å². The molecule has 2 aromatic rings. The van der Waals surface area contributed by atoms with Crippen molar-refractivity contribution in [1.82, 2.24) is 24.6 Å². The van der Waals surface area contributed by atoms with E-state index in [1.165, 1.54) is 5.69 Å². The first-order valence-electron chi connectivity index (χ1n) is 6.75. The highest BCUT2D eigenvalue weighted by Gasteiger charge is 2.11. The molecule has 0 fully saturated rings. The molecule has 5 nitrogen and oxygen atoms in total. The Morgan fingerprint density at radius 3 is 2.79 bits per heavy atom. The first kappa shape index (κ1) is 13.8. The van der Waals surface area contributed by atoms with Crippen molar-refractivity contribution in [1.29, 1.82) is 0 Å². The molecule has 0 aliphatic heterocycles. The van der Waals surface area contributed by atoms with Crippen LogP contribution in [0.4, 0.5) is 0 Å². The Kier molecular flexibility index (Phi) is 4.04. The van der Waals surface area contributed by atoms with Gasteiger partial charge in [-0.3, -0.25) is 0 Å². The number of nitrogens with one attached hydrogen (secondary N) is 1. The van der Waals surface area contributed by atoms with Crippen molar-refractivity contribution >= 4 is 0 Å². The summed E-state index contributed by atoms with van der Waals surface area (Å²) in [7, 11) is 0. The second kappa shape index (κ2) is 5.57. The van der Waals surface area contributed by atoms with Crippen LogP contribution in [0.3, 0.4) is 0 Å². The number of rotatable bonds is 5. The number of hydrogen-bond acceptors (Lipinski definition) is 3. The van der Waals surface area contributed by atoms with E-state index in [0.29, 0.717) is 0 Å². The molecule has 104 valence electrons. The molecule has 0 saturated heterocycles. The van der Waals surface area contributed by atoms with Gasteiger partial charge in [0.25, 0.3) is 0 Å². The van der Waals surface area contributed by atoms with Crippen LogP contribution in [0.15, 0.2) is 24.7 Å². The normalized spacial score (nSPS) is 12.0. The van der Waals surface area contributed by atoms with Gasteiger partial charge in [-0.05, 0) is 39.8 Å². The van der Waals surface area contributed by atoms with Crippen molar-refractivity contribution in [2.75, 3.05) is 0 Å². The molecular formula is C14H23N5. The molecule has 0 aliphatic rings. The van der Waals surface area contributed by atoms with E-state index in [4.69, 9.17) is 0 Å². The molecule has 0 atom stereocenters. The molecule has 0 amide bonds. The Bertz CT molecular complexity index is 518. The molecule has 2 heterocycles. The largest absolute Gasteiger partial charge is 0.343 e. The minimum Gasteiger partial charge on any atom is -0.343 e. The second-order valence-electron chi connectivity index (χ2n) is 5.72. The quantitative estimate of drug-likeness (QED) is 0.896. The molecule has 0 unspecified atom stereocenters. The topological polar surface area (TPSA) is 47.7 Å². The highest BCUT2D eigenvalue weighted by Crippen LogP contribution is 2.08. The molecule has 0 radical (unpaired) electrons. The maximum Gasteiger partial charge on any atom is 0.146 e. The highest BCUT2D eigenvalue weighted by atomic mass is 15.3. The van der Waals surface area contributed by atoms with Gasteiger partial charge >= 0.3 is 0 Å². The van der Waals surface area contributed by atoms with Gasteiger partial charge in [0.1, 0.15) is 12.2 Å². The number of aryl methyl sites for hydroxylation is 1. The Labute approximate surface area is 114 Å². The predicted molar refractivity (Wildman–Crippen MR) is 75.8 cm³/mol. The summed E-state index contributed by atoms with van der Waals surface area (Å²) in [5, 5.41) is 7.72. The summed E-state index contributed by atoms with van der Waals surface area (Å²) in [6.07, 6.45) is 3.71. The van der Waals surface area contributed by atoms with Crippen LogP contribution in [0.1, 0.15) is 39.2 Å². The molecule has 0 bridgehead atoms. The van der Waals surface area contributed by atoms with Gasteiger partial charge in [-0.1, -0.05) is 0 Å². The molecule has 0 spiro atoms. The first-order valence-corrected chi connectivity index (χ1v) is 6.75. The van der Waals surface area contributed by atoms with Crippen molar-refractivity contribution in [2.45, 2.75) is 52.9 Å². The van der Waals surface area contributed by atoms with Crippen LogP contribution in [0.2, 0.25) is 0 Å². The lowest BCUT2D eigenvalue weighted by Gasteiger charge is -2.21. The fraction of sp³-hybridized carbons (Fsp3) is 0.571. The van der Waals surface area contributed by atoms with Crippen LogP contribution in [0, 0.1) is 0 Å². The van der Waals surface area contributed by atoms with E-state index in [9.17, 15) is 0 Å². The average molecular weight is 261 g/mol. The van der Waals surface area contributed by atoms with Gasteiger partial charge in [-0.15, -0.1) is 0 Å². The summed E-state index contributed by atoms with van der Waals surface area (Å²) in [6, 6.07) is 4.22. The van der Waals surface area contributed by atoms with Gasteiger partial charge in [-0.2, -0.15) is 5.10 Å². The van der Waals surface area contributed by atoms with Crippen LogP contribution < -0.4 is 5.32 Å². The summed E-state index contributed by atoms with van der Waals surface area (Å²) >= 11 is 0. The number of hydrogen-bond donors (Lipinski definition) is 1. The third-order valence-corrected chi connectivity index (χ3v) is 3.03. The van der Waals surface area contributed by atoms with Gasteiger partial charge in [0.05, 0.1) is 6.54 Å². The van der Waals surface area contributed by atoms with Crippen molar-refractivity contribution in [3.05, 3.63) is 36.2 Å². The molecule has 5 heteroatoms. The zero-order chi connectivity index (χ0) is 13.9. The lowest BCUT2D eigenvalue weighted by molar-refractivity contribution is 0.416. The van der Waals surface area contributed by atoms with E-state index in [-0.39, 0.29) is 5.54 Å². The highest BCUT2D eigenvalue weighted by molar-refractivity contribution is 5.09. The van der Waals surface area contributed by atoms with E-state index >= 15 is 0 Å². The number of nitrogens with zero attached hydrogens (tertiary/aromatic N) is 4. The van der Waals surface area contributed by atoms with E-state index in [1.54, 1.807) is 6.33 Å². The zero-order valence-corrected chi connectivity index (χ0v) is 12.2. The molecule has 0 aromatic carbocycles. The van der Waals surface area contributed by atoms with E-state index in [0.717, 1.165) is 25.5 Å². The van der Waals surface area contributed by atoms with Gasteiger partial charge in [0.2, 0.25) is 0 Å². The summed E-state index contributed by atoms with van der Waals surface area (Å²) in [5.74, 6) is 0.996. The Morgan fingerprint density at radius 1 is 1.32 bits per heavy atom. The second-order valence-corrected chi connectivity index (χ2v) is 5.72. The predicted octanol–water partition coefficient (Wildman–Crippen LogP) is 2.04. The third-order valence-electron chi connectivity index (χ3n) is 3.03. The minimum atomic E-state index is 0.124. The maximum absolute atomic E-state index is 4.32. The van der Waals surface area contributed by atoms with E-state index < -0.39 is 0 Å². The zero-order valence-electron chi connectivity index (χ0n) is 12.2. The number of aromatic nitrogens is 4. The fourth-order valence-corrected chi connectivity index (χ4v) is 1.95. The fourth-order valence-electron chi connectivity index (χ4n) is 1.95. The molecular weight excluding hydrogens is 238 g/mol. The molecule has 0 saturated carbocycles. The molecule has 2 rings (SSSR count). The Hall–Kier alpha value is -1.62. The Morgan fingerprint density at radius 2 is 2.11 bits per heavy atom. The molecule has 19 heavy (non-hydrogen) atoms. The van der Waals surface area contributed by atoms with Crippen molar-refractivity contribution in [3.63, 3.8) is 0 Å². The summed E-state index contributed by atoms with van der Waals surface area (Å²) in [6.45, 7) is 11.1. The summed E-state index contributed by atoms with van der Waals surface area (Å²) in [4.78, 5) is 4.32. The van der Waals surface area contributed by atoms with Gasteiger partial charge < -0.3 is 9.88 Å². The SMILES string of the molecule is CCn1ncnc1Cn1cccc1CNC(C)(C)C. The first-order chi connectivity index (χ1) is 8.99. The van der Waals surface area contributed by atoms with Crippen LogP contribution in [-0.2, 0) is 19.6 Å². The van der Waals surface area contributed by atoms with Crippen molar-refractivity contribution < 1.29 is 0 Å². The lowest BCUT2D eigenvalue weighted by atomic mass is 10.1. The standard InChI is InChI=1S/C14H23N5/c1-5-19-13(15-11-17-19)10-18-8-6-7-12(18)9-16-14(2,3)4/h6-8,11,16H,5,9-10H2,1-4H3. The van der Waals surface area contributed by atoms with Crippen LogP contribution in [0.25, 0.3) is 0 Å². The monoisotopic (exact) mass is 261 g/mol. The minimum absolute atomic E-state index is 0.124. The smallest absolute Gasteiger partial charge is 0.146 e. The molecule has 0 aliphatic carbocycles. The van der Waals surface area contributed by atoms with Crippen LogP contribution in [0.5, 0.6) is 0 Å². The van der Waals surface area contributed by atoms with Crippen molar-refractivity contribution in [3.8, 4) is 0 Å². The summed E-state index contributed by atoms with van der Waals surface area (Å²) in [5.41, 5.74) is 1.39. The van der Waals surface area contributed by atoms with Gasteiger partial charge in [0, 0.05) is 30.5 Å². The summed E-state index contributed by atoms with van der Waals surface area (Å²) < 4.78 is 4.15. The van der Waals surface area contributed by atoms with Crippen LogP contribution >= 0.6 is 0 Å². The third kappa shape index (κ3) is 3.67. The van der Waals surface area contributed by atoms with Gasteiger partial charge in [-0.25, -0.2) is 9.67 Å². The average Bonchev–Trinajstić information content (AvgIpc) is 2.95. The maximum atomic E-state index is 4.32. The Balaban J connectivity index is 2.07.